The van der Waals surface area contributed by atoms with Crippen LogP contribution in [0.3, 0.4) is 0 Å². The van der Waals surface area contributed by atoms with Crippen molar-refractivity contribution in [3.63, 3.8) is 0 Å². The zero-order valence-electron chi connectivity index (χ0n) is 14.3. The van der Waals surface area contributed by atoms with Gasteiger partial charge in [-0.05, 0) is 38.5 Å². The van der Waals surface area contributed by atoms with Crippen LogP contribution in [-0.2, 0) is 4.74 Å². The third-order valence-electron chi connectivity index (χ3n) is 4.98. The molecule has 3 atom stereocenters. The molecular formula is C17H34N2O. The lowest BCUT2D eigenvalue weighted by Gasteiger charge is -2.47. The van der Waals surface area contributed by atoms with Gasteiger partial charge in [-0.15, -0.1) is 0 Å². The molecule has 0 aromatic carbocycles. The molecule has 2 heterocycles. The summed E-state index contributed by atoms with van der Waals surface area (Å²) in [6, 6.07) is 1.25. The Bertz CT molecular complexity index is 321. The highest BCUT2D eigenvalue weighted by Crippen LogP contribution is 2.32. The normalized spacial score (nSPS) is 35.4. The molecule has 3 heteroatoms. The fourth-order valence-corrected chi connectivity index (χ4v) is 3.68. The summed E-state index contributed by atoms with van der Waals surface area (Å²) < 4.78 is 6.22. The maximum atomic E-state index is 6.22. The quantitative estimate of drug-likeness (QED) is 0.861. The first kappa shape index (κ1) is 16.3. The summed E-state index contributed by atoms with van der Waals surface area (Å²) in [4.78, 5) is 2.69. The van der Waals surface area contributed by atoms with Crippen molar-refractivity contribution in [3.05, 3.63) is 0 Å². The lowest BCUT2D eigenvalue weighted by atomic mass is 9.83. The summed E-state index contributed by atoms with van der Waals surface area (Å²) in [7, 11) is 0. The average Bonchev–Trinajstić information content (AvgIpc) is 2.67. The van der Waals surface area contributed by atoms with Crippen molar-refractivity contribution in [1.29, 1.82) is 0 Å². The van der Waals surface area contributed by atoms with Gasteiger partial charge in [-0.25, -0.2) is 0 Å². The summed E-state index contributed by atoms with van der Waals surface area (Å²) in [5, 5.41) is 3.71. The molecular weight excluding hydrogens is 248 g/mol. The summed E-state index contributed by atoms with van der Waals surface area (Å²) in [6.45, 7) is 17.2. The summed E-state index contributed by atoms with van der Waals surface area (Å²) >= 11 is 0. The monoisotopic (exact) mass is 282 g/mol. The van der Waals surface area contributed by atoms with Crippen molar-refractivity contribution in [2.24, 2.45) is 5.41 Å². The van der Waals surface area contributed by atoms with Gasteiger partial charge in [0.25, 0.3) is 0 Å². The minimum Gasteiger partial charge on any atom is -0.371 e. The average molecular weight is 282 g/mol. The minimum atomic E-state index is 0.0834. The van der Waals surface area contributed by atoms with Crippen LogP contribution in [0.4, 0.5) is 0 Å². The number of hydrogen-bond acceptors (Lipinski definition) is 3. The van der Waals surface area contributed by atoms with Gasteiger partial charge in [0.2, 0.25) is 0 Å². The van der Waals surface area contributed by atoms with Crippen LogP contribution in [0, 0.1) is 5.41 Å². The van der Waals surface area contributed by atoms with E-state index in [-0.39, 0.29) is 5.60 Å². The van der Waals surface area contributed by atoms with Gasteiger partial charge in [-0.2, -0.15) is 0 Å². The molecule has 0 bridgehead atoms. The van der Waals surface area contributed by atoms with Crippen LogP contribution in [0.1, 0.15) is 60.8 Å². The Morgan fingerprint density at radius 1 is 1.30 bits per heavy atom. The van der Waals surface area contributed by atoms with Crippen LogP contribution in [0.5, 0.6) is 0 Å². The van der Waals surface area contributed by atoms with E-state index in [1.165, 1.54) is 25.8 Å². The molecule has 20 heavy (non-hydrogen) atoms. The van der Waals surface area contributed by atoms with Crippen LogP contribution in [0.2, 0.25) is 0 Å². The molecule has 2 fully saturated rings. The highest BCUT2D eigenvalue weighted by molar-refractivity contribution is 4.94. The third-order valence-corrected chi connectivity index (χ3v) is 4.98. The molecule has 3 unspecified atom stereocenters. The van der Waals surface area contributed by atoms with Crippen molar-refractivity contribution >= 4 is 0 Å². The molecule has 0 saturated carbocycles. The Hall–Kier alpha value is -0.120. The topological polar surface area (TPSA) is 24.5 Å². The standard InChI is InChI=1S/C17H34N2O/c1-7-13-11-19(15(10-18-13)16(2,3)4)12-14-8-9-17(5,6)20-14/h13-15,18H,7-12H2,1-6H3. The van der Waals surface area contributed by atoms with Crippen molar-refractivity contribution in [1.82, 2.24) is 10.2 Å². The lowest BCUT2D eigenvalue weighted by Crippen LogP contribution is -2.61. The molecule has 2 saturated heterocycles. The SMILES string of the molecule is CCC1CN(CC2CCC(C)(C)O2)C(C(C)(C)C)CN1. The number of nitrogens with zero attached hydrogens (tertiary/aromatic N) is 1. The molecule has 0 amide bonds. The number of ether oxygens (including phenoxy) is 1. The van der Waals surface area contributed by atoms with E-state index in [4.69, 9.17) is 4.74 Å². The highest BCUT2D eigenvalue weighted by atomic mass is 16.5. The Balaban J connectivity index is 2.00. The number of hydrogen-bond donors (Lipinski definition) is 1. The van der Waals surface area contributed by atoms with E-state index in [0.29, 0.717) is 23.6 Å². The van der Waals surface area contributed by atoms with Gasteiger partial charge in [0, 0.05) is 31.7 Å². The first-order valence-electron chi connectivity index (χ1n) is 8.36. The minimum absolute atomic E-state index is 0.0834. The number of rotatable bonds is 3. The van der Waals surface area contributed by atoms with Gasteiger partial charge >= 0.3 is 0 Å². The molecule has 2 aliphatic heterocycles. The lowest BCUT2D eigenvalue weighted by molar-refractivity contribution is -0.0485. The Morgan fingerprint density at radius 3 is 2.50 bits per heavy atom. The molecule has 2 rings (SSSR count). The van der Waals surface area contributed by atoms with Crippen LogP contribution in [0.25, 0.3) is 0 Å². The smallest absolute Gasteiger partial charge is 0.0710 e. The largest absolute Gasteiger partial charge is 0.371 e. The second-order valence-corrected chi connectivity index (χ2v) is 8.39. The van der Waals surface area contributed by atoms with Crippen molar-refractivity contribution < 1.29 is 4.74 Å². The molecule has 3 nitrogen and oxygen atoms in total. The van der Waals surface area contributed by atoms with Gasteiger partial charge in [0.15, 0.2) is 0 Å². The Morgan fingerprint density at radius 2 is 2.00 bits per heavy atom. The Labute approximate surface area is 125 Å². The van der Waals surface area contributed by atoms with E-state index in [0.717, 1.165) is 13.1 Å². The van der Waals surface area contributed by atoms with E-state index in [1.54, 1.807) is 0 Å². The predicted octanol–water partition coefficient (Wildman–Crippen LogP) is 3.04. The fraction of sp³-hybridized carbons (Fsp3) is 1.00. The van der Waals surface area contributed by atoms with Gasteiger partial charge < -0.3 is 10.1 Å². The zero-order chi connectivity index (χ0) is 15.0. The van der Waals surface area contributed by atoms with Crippen LogP contribution < -0.4 is 5.32 Å². The van der Waals surface area contributed by atoms with E-state index >= 15 is 0 Å². The zero-order valence-corrected chi connectivity index (χ0v) is 14.3. The molecule has 1 N–H and O–H groups in total. The molecule has 0 radical (unpaired) electrons. The van der Waals surface area contributed by atoms with E-state index in [1.807, 2.05) is 0 Å². The summed E-state index contributed by atoms with van der Waals surface area (Å²) in [6.07, 6.45) is 4.04. The predicted molar refractivity (Wildman–Crippen MR) is 85.1 cm³/mol. The maximum Gasteiger partial charge on any atom is 0.0710 e. The molecule has 0 aliphatic carbocycles. The fourth-order valence-electron chi connectivity index (χ4n) is 3.68. The second kappa shape index (κ2) is 5.94. The van der Waals surface area contributed by atoms with Crippen molar-refractivity contribution in [3.8, 4) is 0 Å². The third kappa shape index (κ3) is 3.96. The highest BCUT2D eigenvalue weighted by Gasteiger charge is 2.39. The van der Waals surface area contributed by atoms with E-state index in [2.05, 4.69) is 51.8 Å². The van der Waals surface area contributed by atoms with Crippen LogP contribution >= 0.6 is 0 Å². The Kier molecular flexibility index (Phi) is 4.83. The second-order valence-electron chi connectivity index (χ2n) is 8.39. The maximum absolute atomic E-state index is 6.22. The van der Waals surface area contributed by atoms with Gasteiger partial charge in [-0.1, -0.05) is 27.7 Å². The molecule has 0 aromatic rings. The van der Waals surface area contributed by atoms with Crippen molar-refractivity contribution in [2.75, 3.05) is 19.6 Å². The van der Waals surface area contributed by atoms with E-state index in [9.17, 15) is 0 Å². The van der Waals surface area contributed by atoms with Crippen molar-refractivity contribution in [2.45, 2.75) is 84.6 Å². The summed E-state index contributed by atoms with van der Waals surface area (Å²) in [5.41, 5.74) is 0.403. The summed E-state index contributed by atoms with van der Waals surface area (Å²) in [5.74, 6) is 0. The van der Waals surface area contributed by atoms with Gasteiger partial charge in [0.05, 0.1) is 11.7 Å². The number of nitrogens with one attached hydrogen (secondary N) is 1. The van der Waals surface area contributed by atoms with Crippen LogP contribution in [-0.4, -0.2) is 48.3 Å². The van der Waals surface area contributed by atoms with Gasteiger partial charge in [-0.3, -0.25) is 4.90 Å². The molecule has 2 aliphatic rings. The first-order chi connectivity index (χ1) is 9.21. The van der Waals surface area contributed by atoms with Gasteiger partial charge in [0.1, 0.15) is 0 Å². The van der Waals surface area contributed by atoms with E-state index < -0.39 is 0 Å². The molecule has 0 aromatic heterocycles. The number of piperazine rings is 1. The molecule has 0 spiro atoms. The molecule has 118 valence electrons. The van der Waals surface area contributed by atoms with Crippen LogP contribution in [0.15, 0.2) is 0 Å². The first-order valence-corrected chi connectivity index (χ1v) is 8.36.